The summed E-state index contributed by atoms with van der Waals surface area (Å²) in [7, 11) is -2.41. The van der Waals surface area contributed by atoms with Crippen molar-refractivity contribution in [2.75, 3.05) is 23.3 Å². The molecule has 26 heavy (non-hydrogen) atoms. The maximum absolute atomic E-state index is 13.4. The second-order valence-corrected chi connectivity index (χ2v) is 7.73. The van der Waals surface area contributed by atoms with Crippen molar-refractivity contribution in [2.45, 2.75) is 24.7 Å². The molecule has 0 atom stereocenters. The molecule has 0 spiro atoms. The van der Waals surface area contributed by atoms with Crippen molar-refractivity contribution in [3.8, 4) is 5.75 Å². The highest BCUT2D eigenvalue weighted by molar-refractivity contribution is 7.92. The lowest BCUT2D eigenvalue weighted by molar-refractivity contribution is -0.117. The number of sulfonamides is 1. The average molecular weight is 378 g/mol. The summed E-state index contributed by atoms with van der Waals surface area (Å²) in [6, 6.07) is 8.33. The van der Waals surface area contributed by atoms with E-state index in [1.165, 1.54) is 32.2 Å². The Kier molecular flexibility index (Phi) is 4.86. The van der Waals surface area contributed by atoms with Gasteiger partial charge >= 0.3 is 0 Å². The topological polar surface area (TPSA) is 75.7 Å². The molecule has 1 amide bonds. The number of aryl methyl sites for hydroxylation is 1. The molecule has 1 aliphatic heterocycles. The Bertz CT molecular complexity index is 960. The van der Waals surface area contributed by atoms with Crippen molar-refractivity contribution in [1.29, 1.82) is 0 Å². The molecule has 1 aliphatic rings. The molecule has 0 bridgehead atoms. The largest absolute Gasteiger partial charge is 0.494 e. The molecule has 1 heterocycles. The van der Waals surface area contributed by atoms with E-state index in [0.29, 0.717) is 30.1 Å². The third-order valence-electron chi connectivity index (χ3n) is 4.24. The zero-order valence-electron chi connectivity index (χ0n) is 14.5. The molecule has 2 aromatic carbocycles. The fourth-order valence-corrected chi connectivity index (χ4v) is 4.00. The minimum atomic E-state index is -3.87. The number of anilines is 2. The van der Waals surface area contributed by atoms with Crippen molar-refractivity contribution in [3.63, 3.8) is 0 Å². The van der Waals surface area contributed by atoms with E-state index in [0.717, 1.165) is 12.5 Å². The van der Waals surface area contributed by atoms with Crippen LogP contribution in [0.2, 0.25) is 0 Å². The monoisotopic (exact) mass is 378 g/mol. The predicted molar refractivity (Wildman–Crippen MR) is 96.5 cm³/mol. The van der Waals surface area contributed by atoms with Gasteiger partial charge in [0.05, 0.1) is 23.4 Å². The van der Waals surface area contributed by atoms with Gasteiger partial charge in [0.15, 0.2) is 0 Å². The molecule has 8 heteroatoms. The van der Waals surface area contributed by atoms with E-state index in [2.05, 4.69) is 4.72 Å². The van der Waals surface area contributed by atoms with E-state index in [4.69, 9.17) is 4.74 Å². The summed E-state index contributed by atoms with van der Waals surface area (Å²) in [5.74, 6) is -0.0561. The number of methoxy groups -OCH3 is 1. The van der Waals surface area contributed by atoms with Crippen LogP contribution in [0.3, 0.4) is 0 Å². The minimum Gasteiger partial charge on any atom is -0.494 e. The van der Waals surface area contributed by atoms with Gasteiger partial charge in [0.25, 0.3) is 10.0 Å². The standard InChI is InChI=1S/C18H19FN2O4S/c1-12-10-14(6-7-15(12)19)26(23,24)20-13-5-8-16(17(11-13)25-2)21-9-3-4-18(21)22/h5-8,10-11,20H,3-4,9H2,1-2H3. The van der Waals surface area contributed by atoms with Gasteiger partial charge in [-0.05, 0) is 49.2 Å². The maximum Gasteiger partial charge on any atom is 0.261 e. The number of hydrogen-bond acceptors (Lipinski definition) is 4. The van der Waals surface area contributed by atoms with E-state index < -0.39 is 15.8 Å². The van der Waals surface area contributed by atoms with Crippen LogP contribution in [0.25, 0.3) is 0 Å². The third kappa shape index (κ3) is 3.50. The van der Waals surface area contributed by atoms with Gasteiger partial charge < -0.3 is 9.64 Å². The van der Waals surface area contributed by atoms with Crippen LogP contribution in [0.4, 0.5) is 15.8 Å². The number of ether oxygens (including phenoxy) is 1. The van der Waals surface area contributed by atoms with Gasteiger partial charge in [0, 0.05) is 19.0 Å². The molecule has 0 saturated carbocycles. The number of amides is 1. The quantitative estimate of drug-likeness (QED) is 0.868. The van der Waals surface area contributed by atoms with E-state index in [1.807, 2.05) is 0 Å². The first-order chi connectivity index (χ1) is 12.3. The van der Waals surface area contributed by atoms with Gasteiger partial charge in [-0.1, -0.05) is 0 Å². The molecule has 0 aliphatic carbocycles. The average Bonchev–Trinajstić information content (AvgIpc) is 3.02. The smallest absolute Gasteiger partial charge is 0.261 e. The number of carbonyl (C=O) groups is 1. The van der Waals surface area contributed by atoms with Crippen LogP contribution < -0.4 is 14.4 Å². The fourth-order valence-electron chi connectivity index (χ4n) is 2.87. The van der Waals surface area contributed by atoms with E-state index >= 15 is 0 Å². The summed E-state index contributed by atoms with van der Waals surface area (Å²) in [4.78, 5) is 13.5. The lowest BCUT2D eigenvalue weighted by Crippen LogP contribution is -2.24. The molecule has 2 aromatic rings. The molecule has 0 unspecified atom stereocenters. The predicted octanol–water partition coefficient (Wildman–Crippen LogP) is 3.07. The lowest BCUT2D eigenvalue weighted by Gasteiger charge is -2.20. The van der Waals surface area contributed by atoms with Gasteiger partial charge in [0.2, 0.25) is 5.91 Å². The van der Waals surface area contributed by atoms with Gasteiger partial charge in [-0.15, -0.1) is 0 Å². The van der Waals surface area contributed by atoms with Gasteiger partial charge in [-0.2, -0.15) is 0 Å². The van der Waals surface area contributed by atoms with Crippen LogP contribution in [0, 0.1) is 12.7 Å². The van der Waals surface area contributed by atoms with Crippen molar-refractivity contribution in [3.05, 3.63) is 47.8 Å². The van der Waals surface area contributed by atoms with Crippen molar-refractivity contribution in [1.82, 2.24) is 0 Å². The van der Waals surface area contributed by atoms with Crippen LogP contribution in [0.15, 0.2) is 41.3 Å². The summed E-state index contributed by atoms with van der Waals surface area (Å²) >= 11 is 0. The Morgan fingerprint density at radius 2 is 1.96 bits per heavy atom. The summed E-state index contributed by atoms with van der Waals surface area (Å²) in [5.41, 5.74) is 1.14. The van der Waals surface area contributed by atoms with Crippen molar-refractivity contribution in [2.24, 2.45) is 0 Å². The Morgan fingerprint density at radius 3 is 2.58 bits per heavy atom. The van der Waals surface area contributed by atoms with E-state index in [-0.39, 0.29) is 16.4 Å². The number of nitrogens with zero attached hydrogens (tertiary/aromatic N) is 1. The van der Waals surface area contributed by atoms with Crippen molar-refractivity contribution >= 4 is 27.3 Å². The normalized spacial score (nSPS) is 14.6. The van der Waals surface area contributed by atoms with Gasteiger partial charge in [-0.3, -0.25) is 9.52 Å². The van der Waals surface area contributed by atoms with Crippen LogP contribution in [-0.2, 0) is 14.8 Å². The molecule has 0 radical (unpaired) electrons. The highest BCUT2D eigenvalue weighted by atomic mass is 32.2. The molecular weight excluding hydrogens is 359 g/mol. The number of carbonyl (C=O) groups excluding carboxylic acids is 1. The molecule has 3 rings (SSSR count). The molecule has 1 saturated heterocycles. The minimum absolute atomic E-state index is 0.0124. The van der Waals surface area contributed by atoms with E-state index in [1.54, 1.807) is 17.0 Å². The fraction of sp³-hybridized carbons (Fsp3) is 0.278. The Morgan fingerprint density at radius 1 is 1.19 bits per heavy atom. The second kappa shape index (κ2) is 6.95. The van der Waals surface area contributed by atoms with Crippen molar-refractivity contribution < 1.29 is 22.3 Å². The summed E-state index contributed by atoms with van der Waals surface area (Å²) in [6.45, 7) is 2.11. The molecule has 6 nitrogen and oxygen atoms in total. The summed E-state index contributed by atoms with van der Waals surface area (Å²) < 4.78 is 46.2. The van der Waals surface area contributed by atoms with Gasteiger partial charge in [0.1, 0.15) is 11.6 Å². The van der Waals surface area contributed by atoms with Gasteiger partial charge in [-0.25, -0.2) is 12.8 Å². The molecular formula is C18H19FN2O4S. The number of hydrogen-bond donors (Lipinski definition) is 1. The first-order valence-corrected chi connectivity index (χ1v) is 9.57. The zero-order valence-corrected chi connectivity index (χ0v) is 15.3. The third-order valence-corrected chi connectivity index (χ3v) is 5.61. The first kappa shape index (κ1) is 18.2. The molecule has 0 aromatic heterocycles. The van der Waals surface area contributed by atoms with E-state index in [9.17, 15) is 17.6 Å². The second-order valence-electron chi connectivity index (χ2n) is 6.05. The number of benzene rings is 2. The summed E-state index contributed by atoms with van der Waals surface area (Å²) in [6.07, 6.45) is 1.27. The molecule has 138 valence electrons. The van der Waals surface area contributed by atoms with Crippen LogP contribution in [0.5, 0.6) is 5.75 Å². The zero-order chi connectivity index (χ0) is 18.9. The lowest BCUT2D eigenvalue weighted by atomic mass is 10.2. The molecule has 1 fully saturated rings. The Hall–Kier alpha value is -2.61. The summed E-state index contributed by atoms with van der Waals surface area (Å²) in [5, 5.41) is 0. The first-order valence-electron chi connectivity index (χ1n) is 8.09. The highest BCUT2D eigenvalue weighted by Gasteiger charge is 2.25. The Balaban J connectivity index is 1.90. The Labute approximate surface area is 151 Å². The van der Waals surface area contributed by atoms with Crippen LogP contribution in [-0.4, -0.2) is 28.0 Å². The number of halogens is 1. The van der Waals surface area contributed by atoms with Crippen LogP contribution in [0.1, 0.15) is 18.4 Å². The highest BCUT2D eigenvalue weighted by Crippen LogP contribution is 2.34. The molecule has 1 N–H and O–H groups in total. The number of rotatable bonds is 5. The maximum atomic E-state index is 13.4. The number of nitrogens with one attached hydrogen (secondary N) is 1. The SMILES string of the molecule is COc1cc(NS(=O)(=O)c2ccc(F)c(C)c2)ccc1N1CCCC1=O. The van der Waals surface area contributed by atoms with Crippen LogP contribution >= 0.6 is 0 Å².